The van der Waals surface area contributed by atoms with Crippen molar-refractivity contribution < 1.29 is 18.7 Å². The first-order valence-corrected chi connectivity index (χ1v) is 7.27. The van der Waals surface area contributed by atoms with Crippen molar-refractivity contribution in [2.24, 2.45) is 0 Å². The summed E-state index contributed by atoms with van der Waals surface area (Å²) in [4.78, 5) is 14.7. The van der Waals surface area contributed by atoms with Gasteiger partial charge in [0, 0.05) is 17.7 Å². The van der Waals surface area contributed by atoms with E-state index in [0.717, 1.165) is 18.6 Å². The first-order chi connectivity index (χ1) is 10.7. The number of ether oxygens (including phenoxy) is 2. The molecule has 1 aliphatic rings. The average molecular weight is 301 g/mol. The third kappa shape index (κ3) is 3.08. The van der Waals surface area contributed by atoms with Crippen LogP contribution in [-0.4, -0.2) is 31.1 Å². The van der Waals surface area contributed by atoms with Crippen molar-refractivity contribution in [3.05, 3.63) is 47.9 Å². The number of nitrogens with zero attached hydrogens (tertiary/aromatic N) is 1. The first kappa shape index (κ1) is 14.5. The fraction of sp³-hybridized carbons (Fsp3) is 0.353. The minimum atomic E-state index is -0.0314. The van der Waals surface area contributed by atoms with Crippen LogP contribution in [0.5, 0.6) is 11.5 Å². The zero-order valence-corrected chi connectivity index (χ0v) is 12.7. The van der Waals surface area contributed by atoms with Crippen LogP contribution in [0.1, 0.15) is 29.0 Å². The van der Waals surface area contributed by atoms with E-state index in [-0.39, 0.29) is 11.9 Å². The van der Waals surface area contributed by atoms with Crippen molar-refractivity contribution in [3.63, 3.8) is 0 Å². The zero-order valence-electron chi connectivity index (χ0n) is 12.7. The smallest absolute Gasteiger partial charge is 0.254 e. The maximum absolute atomic E-state index is 12.9. The van der Waals surface area contributed by atoms with Crippen molar-refractivity contribution in [2.75, 3.05) is 14.2 Å². The lowest BCUT2D eigenvalue weighted by molar-refractivity contribution is 0.0717. The van der Waals surface area contributed by atoms with Crippen molar-refractivity contribution in [1.82, 2.24) is 4.90 Å². The van der Waals surface area contributed by atoms with Crippen molar-refractivity contribution >= 4 is 5.91 Å². The molecule has 0 N–H and O–H groups in total. The molecule has 1 aromatic carbocycles. The van der Waals surface area contributed by atoms with Crippen LogP contribution < -0.4 is 9.47 Å². The van der Waals surface area contributed by atoms with Crippen LogP contribution in [0.25, 0.3) is 0 Å². The zero-order chi connectivity index (χ0) is 15.5. The van der Waals surface area contributed by atoms with E-state index in [2.05, 4.69) is 0 Å². The Hall–Kier alpha value is -2.43. The number of hydrogen-bond acceptors (Lipinski definition) is 4. The molecule has 2 aromatic rings. The molecule has 0 atom stereocenters. The highest BCUT2D eigenvalue weighted by atomic mass is 16.5. The van der Waals surface area contributed by atoms with E-state index in [1.54, 1.807) is 38.7 Å². The molecule has 5 nitrogen and oxygen atoms in total. The van der Waals surface area contributed by atoms with Crippen LogP contribution in [0.4, 0.5) is 0 Å². The summed E-state index contributed by atoms with van der Waals surface area (Å²) in [5.41, 5.74) is 0.564. The molecule has 3 rings (SSSR count). The SMILES string of the molecule is COc1cc(OC)cc(C(=O)N(Cc2ccco2)C2CC2)c1. The molecule has 0 bridgehead atoms. The highest BCUT2D eigenvalue weighted by molar-refractivity contribution is 5.95. The molecular formula is C17H19NO4. The summed E-state index contributed by atoms with van der Waals surface area (Å²) < 4.78 is 15.9. The summed E-state index contributed by atoms with van der Waals surface area (Å²) in [6, 6.07) is 9.24. The topological polar surface area (TPSA) is 51.9 Å². The second-order valence-electron chi connectivity index (χ2n) is 5.34. The summed E-state index contributed by atoms with van der Waals surface area (Å²) in [5, 5.41) is 0. The van der Waals surface area contributed by atoms with Gasteiger partial charge in [0.1, 0.15) is 17.3 Å². The third-order valence-corrected chi connectivity index (χ3v) is 3.75. The Kier molecular flexibility index (Phi) is 4.04. The number of carbonyl (C=O) groups excluding carboxylic acids is 1. The Labute approximate surface area is 129 Å². The van der Waals surface area contributed by atoms with E-state index in [1.807, 2.05) is 17.0 Å². The van der Waals surface area contributed by atoms with E-state index in [0.29, 0.717) is 23.6 Å². The molecule has 1 saturated carbocycles. The lowest BCUT2D eigenvalue weighted by atomic mass is 10.1. The van der Waals surface area contributed by atoms with Crippen LogP contribution in [0.15, 0.2) is 41.0 Å². The predicted molar refractivity (Wildman–Crippen MR) is 81.1 cm³/mol. The standard InChI is InChI=1S/C17H19NO4/c1-20-15-8-12(9-16(10-15)21-2)17(19)18(13-5-6-13)11-14-4-3-7-22-14/h3-4,7-10,13H,5-6,11H2,1-2H3. The fourth-order valence-electron chi connectivity index (χ4n) is 2.42. The van der Waals surface area contributed by atoms with Crippen molar-refractivity contribution in [2.45, 2.75) is 25.4 Å². The van der Waals surface area contributed by atoms with Gasteiger partial charge in [-0.15, -0.1) is 0 Å². The Balaban J connectivity index is 1.86. The van der Waals surface area contributed by atoms with Gasteiger partial charge in [0.15, 0.2) is 0 Å². The molecule has 22 heavy (non-hydrogen) atoms. The number of carbonyl (C=O) groups is 1. The van der Waals surface area contributed by atoms with Gasteiger partial charge in [0.2, 0.25) is 0 Å². The second kappa shape index (κ2) is 6.13. The molecule has 1 aromatic heterocycles. The number of hydrogen-bond donors (Lipinski definition) is 0. The van der Waals surface area contributed by atoms with Gasteiger partial charge in [0.25, 0.3) is 5.91 Å². The molecule has 5 heteroatoms. The lowest BCUT2D eigenvalue weighted by Crippen LogP contribution is -2.32. The van der Waals surface area contributed by atoms with Crippen LogP contribution in [0.3, 0.4) is 0 Å². The molecule has 0 spiro atoms. The van der Waals surface area contributed by atoms with Crippen molar-refractivity contribution in [3.8, 4) is 11.5 Å². The molecule has 0 saturated heterocycles. The maximum atomic E-state index is 12.9. The highest BCUT2D eigenvalue weighted by Crippen LogP contribution is 2.31. The van der Waals surface area contributed by atoms with Crippen LogP contribution in [-0.2, 0) is 6.54 Å². The van der Waals surface area contributed by atoms with Crippen LogP contribution >= 0.6 is 0 Å². The number of amides is 1. The minimum absolute atomic E-state index is 0.0314. The summed E-state index contributed by atoms with van der Waals surface area (Å²) in [6.07, 6.45) is 3.70. The van der Waals surface area contributed by atoms with Gasteiger partial charge in [-0.05, 0) is 37.1 Å². The van der Waals surface area contributed by atoms with E-state index in [4.69, 9.17) is 13.9 Å². The van der Waals surface area contributed by atoms with Gasteiger partial charge < -0.3 is 18.8 Å². The molecule has 1 heterocycles. The van der Waals surface area contributed by atoms with E-state index >= 15 is 0 Å². The van der Waals surface area contributed by atoms with E-state index in [9.17, 15) is 4.79 Å². The molecule has 0 radical (unpaired) electrons. The first-order valence-electron chi connectivity index (χ1n) is 7.27. The normalized spacial score (nSPS) is 13.7. The van der Waals surface area contributed by atoms with Crippen LogP contribution in [0, 0.1) is 0 Å². The Morgan fingerprint density at radius 3 is 2.41 bits per heavy atom. The summed E-state index contributed by atoms with van der Waals surface area (Å²) >= 11 is 0. The monoisotopic (exact) mass is 301 g/mol. The molecule has 1 fully saturated rings. The number of benzene rings is 1. The third-order valence-electron chi connectivity index (χ3n) is 3.75. The van der Waals surface area contributed by atoms with Gasteiger partial charge in [-0.1, -0.05) is 0 Å². The summed E-state index contributed by atoms with van der Waals surface area (Å²) in [7, 11) is 3.15. The molecular weight excluding hydrogens is 282 g/mol. The fourth-order valence-corrected chi connectivity index (χ4v) is 2.42. The maximum Gasteiger partial charge on any atom is 0.254 e. The van der Waals surface area contributed by atoms with Crippen LogP contribution in [0.2, 0.25) is 0 Å². The van der Waals surface area contributed by atoms with E-state index < -0.39 is 0 Å². The lowest BCUT2D eigenvalue weighted by Gasteiger charge is -2.22. The summed E-state index contributed by atoms with van der Waals surface area (Å²) in [6.45, 7) is 0.482. The highest BCUT2D eigenvalue weighted by Gasteiger charge is 2.34. The van der Waals surface area contributed by atoms with Gasteiger partial charge in [0.05, 0.1) is 27.0 Å². The Bertz CT molecular complexity index is 624. The Morgan fingerprint density at radius 1 is 1.23 bits per heavy atom. The molecule has 0 aliphatic heterocycles. The summed E-state index contributed by atoms with van der Waals surface area (Å²) in [5.74, 6) is 1.97. The van der Waals surface area contributed by atoms with Gasteiger partial charge in [-0.3, -0.25) is 4.79 Å². The Morgan fingerprint density at radius 2 is 1.91 bits per heavy atom. The second-order valence-corrected chi connectivity index (χ2v) is 5.34. The quantitative estimate of drug-likeness (QED) is 0.822. The largest absolute Gasteiger partial charge is 0.497 e. The van der Waals surface area contributed by atoms with Gasteiger partial charge >= 0.3 is 0 Å². The van der Waals surface area contributed by atoms with Gasteiger partial charge in [-0.2, -0.15) is 0 Å². The number of methoxy groups -OCH3 is 2. The number of furan rings is 1. The van der Waals surface area contributed by atoms with Crippen molar-refractivity contribution in [1.29, 1.82) is 0 Å². The molecule has 1 aliphatic carbocycles. The number of rotatable bonds is 6. The average Bonchev–Trinajstić information content (AvgIpc) is 3.27. The predicted octanol–water partition coefficient (Wildman–Crippen LogP) is 3.10. The van der Waals surface area contributed by atoms with E-state index in [1.165, 1.54) is 0 Å². The molecule has 1 amide bonds. The minimum Gasteiger partial charge on any atom is -0.497 e. The molecule has 116 valence electrons. The van der Waals surface area contributed by atoms with Gasteiger partial charge in [-0.25, -0.2) is 0 Å². The molecule has 0 unspecified atom stereocenters.